The first kappa shape index (κ1) is 16.4. The average Bonchev–Trinajstić information content (AvgIpc) is 2.52. The maximum atomic E-state index is 9.40. The molecule has 0 saturated carbocycles. The van der Waals surface area contributed by atoms with E-state index in [4.69, 9.17) is 14.8 Å². The van der Waals surface area contributed by atoms with Crippen molar-refractivity contribution in [2.45, 2.75) is 6.54 Å². The fourth-order valence-electron chi connectivity index (χ4n) is 2.12. The van der Waals surface area contributed by atoms with Crippen LogP contribution in [0.2, 0.25) is 0 Å². The molecule has 8 heteroatoms. The Kier molecular flexibility index (Phi) is 5.46. The first-order valence-corrected chi connectivity index (χ1v) is 6.74. The molecule has 0 radical (unpaired) electrons. The number of benzene rings is 2. The summed E-state index contributed by atoms with van der Waals surface area (Å²) in [7, 11) is -1.57. The molecule has 114 valence electrons. The molecule has 0 saturated heterocycles. The monoisotopic (exact) mass is 301 g/mol. The molecule has 0 aromatic heterocycles. The Morgan fingerprint density at radius 1 is 1.00 bits per heavy atom. The largest absolute Gasteiger partial charge is 0.497 e. The molecule has 0 aliphatic heterocycles. The third-order valence-corrected chi connectivity index (χ3v) is 3.30. The third kappa shape index (κ3) is 4.02. The molecular weight excluding hydrogens is 284 g/mol. The molecule has 2 aromatic carbocycles. The summed E-state index contributed by atoms with van der Waals surface area (Å²) in [6.07, 6.45) is 0. The van der Waals surface area contributed by atoms with Gasteiger partial charge in [0.1, 0.15) is 5.75 Å². The number of hydrogen-bond donors (Lipinski definition) is 5. The molecule has 0 atom stereocenters. The molecule has 6 nitrogen and oxygen atoms in total. The molecular formula is C14H17B2NO5. The van der Waals surface area contributed by atoms with Gasteiger partial charge in [-0.3, -0.25) is 0 Å². The van der Waals surface area contributed by atoms with Gasteiger partial charge in [-0.2, -0.15) is 0 Å². The van der Waals surface area contributed by atoms with Crippen LogP contribution in [0.25, 0.3) is 0 Å². The van der Waals surface area contributed by atoms with Crippen molar-refractivity contribution in [2.75, 3.05) is 12.4 Å². The Morgan fingerprint density at radius 3 is 2.41 bits per heavy atom. The van der Waals surface area contributed by atoms with Crippen LogP contribution in [0.1, 0.15) is 5.56 Å². The van der Waals surface area contributed by atoms with E-state index in [2.05, 4.69) is 5.32 Å². The molecule has 0 amide bonds. The molecule has 0 aliphatic rings. The van der Waals surface area contributed by atoms with Crippen molar-refractivity contribution in [3.63, 3.8) is 0 Å². The molecule has 2 rings (SSSR count). The highest BCUT2D eigenvalue weighted by Crippen LogP contribution is 2.13. The van der Waals surface area contributed by atoms with Crippen molar-refractivity contribution in [1.82, 2.24) is 0 Å². The van der Waals surface area contributed by atoms with Crippen molar-refractivity contribution in [1.29, 1.82) is 0 Å². The summed E-state index contributed by atoms with van der Waals surface area (Å²) in [5.41, 5.74) is 2.11. The van der Waals surface area contributed by atoms with Gasteiger partial charge in [-0.15, -0.1) is 0 Å². The van der Waals surface area contributed by atoms with Gasteiger partial charge in [0.2, 0.25) is 0 Å². The Bertz CT molecular complexity index is 636. The van der Waals surface area contributed by atoms with Gasteiger partial charge in [-0.1, -0.05) is 18.2 Å². The Hall–Kier alpha value is -1.99. The number of nitrogens with one attached hydrogen (secondary N) is 1. The molecule has 0 unspecified atom stereocenters. The Balaban J connectivity index is 2.18. The highest BCUT2D eigenvalue weighted by molar-refractivity contribution is 6.59. The zero-order valence-corrected chi connectivity index (χ0v) is 12.1. The average molecular weight is 301 g/mol. The van der Waals surface area contributed by atoms with Crippen LogP contribution in [0.3, 0.4) is 0 Å². The second-order valence-corrected chi connectivity index (χ2v) is 4.79. The smallest absolute Gasteiger partial charge is 0.488 e. The third-order valence-electron chi connectivity index (χ3n) is 3.30. The zero-order valence-electron chi connectivity index (χ0n) is 12.1. The van der Waals surface area contributed by atoms with Gasteiger partial charge < -0.3 is 30.1 Å². The Morgan fingerprint density at radius 2 is 1.77 bits per heavy atom. The predicted octanol–water partition coefficient (Wildman–Crippen LogP) is -1.33. The van der Waals surface area contributed by atoms with Crippen molar-refractivity contribution in [2.24, 2.45) is 0 Å². The second-order valence-electron chi connectivity index (χ2n) is 4.79. The van der Waals surface area contributed by atoms with Crippen LogP contribution in [-0.4, -0.2) is 41.4 Å². The van der Waals surface area contributed by atoms with E-state index in [0.717, 1.165) is 0 Å². The highest BCUT2D eigenvalue weighted by Gasteiger charge is 2.17. The van der Waals surface area contributed by atoms with Crippen LogP contribution in [0.4, 0.5) is 5.69 Å². The van der Waals surface area contributed by atoms with E-state index in [1.165, 1.54) is 7.11 Å². The van der Waals surface area contributed by atoms with Crippen molar-refractivity contribution in [3.05, 3.63) is 48.0 Å². The molecule has 0 spiro atoms. The second kappa shape index (κ2) is 7.33. The summed E-state index contributed by atoms with van der Waals surface area (Å²) in [5, 5.41) is 40.2. The van der Waals surface area contributed by atoms with Crippen molar-refractivity contribution in [3.8, 4) is 5.75 Å². The zero-order chi connectivity index (χ0) is 16.1. The lowest BCUT2D eigenvalue weighted by molar-refractivity contribution is 0.413. The Labute approximate surface area is 129 Å². The molecule has 2 aromatic rings. The van der Waals surface area contributed by atoms with Crippen LogP contribution < -0.4 is 21.0 Å². The van der Waals surface area contributed by atoms with Gasteiger partial charge in [0.25, 0.3) is 0 Å². The molecule has 0 aliphatic carbocycles. The normalized spacial score (nSPS) is 10.2. The minimum atomic E-state index is -1.58. The number of methoxy groups -OCH3 is 1. The standard InChI is InChI=1S/C14H17B2NO5/c1-22-13-5-6-14(16(20)21)10(7-13)9-17-12-4-2-3-11(8-12)15(18)19/h2-8,17-21H,9H2,1H3. The summed E-state index contributed by atoms with van der Waals surface area (Å²) in [6.45, 7) is 0.329. The number of ether oxygens (including phenoxy) is 1. The fraction of sp³-hybridized carbons (Fsp3) is 0.143. The highest BCUT2D eigenvalue weighted by atomic mass is 16.5. The fourth-order valence-corrected chi connectivity index (χ4v) is 2.12. The number of anilines is 1. The maximum Gasteiger partial charge on any atom is 0.488 e. The molecule has 0 bridgehead atoms. The van der Waals surface area contributed by atoms with E-state index in [1.807, 2.05) is 0 Å². The molecule has 5 N–H and O–H groups in total. The van der Waals surface area contributed by atoms with Gasteiger partial charge in [0.15, 0.2) is 0 Å². The molecule has 0 heterocycles. The first-order chi connectivity index (χ1) is 10.5. The van der Waals surface area contributed by atoms with Gasteiger partial charge in [0, 0.05) is 12.2 Å². The minimum absolute atomic E-state index is 0.329. The SMILES string of the molecule is COc1ccc(B(O)O)c(CNc2cccc(B(O)O)c2)c1. The number of rotatable bonds is 6. The summed E-state index contributed by atoms with van der Waals surface area (Å²) >= 11 is 0. The van der Waals surface area contributed by atoms with Crippen LogP contribution in [0.5, 0.6) is 5.75 Å². The summed E-state index contributed by atoms with van der Waals surface area (Å²) in [5.74, 6) is 0.612. The van der Waals surface area contributed by atoms with E-state index < -0.39 is 14.2 Å². The summed E-state index contributed by atoms with van der Waals surface area (Å²) < 4.78 is 5.14. The lowest BCUT2D eigenvalue weighted by Gasteiger charge is -2.13. The van der Waals surface area contributed by atoms with E-state index in [-0.39, 0.29) is 0 Å². The molecule has 0 fully saturated rings. The van der Waals surface area contributed by atoms with E-state index in [0.29, 0.717) is 34.5 Å². The van der Waals surface area contributed by atoms with Crippen LogP contribution in [0.15, 0.2) is 42.5 Å². The van der Waals surface area contributed by atoms with E-state index >= 15 is 0 Å². The summed E-state index contributed by atoms with van der Waals surface area (Å²) in [4.78, 5) is 0. The maximum absolute atomic E-state index is 9.40. The van der Waals surface area contributed by atoms with Crippen molar-refractivity contribution >= 4 is 30.8 Å². The predicted molar refractivity (Wildman–Crippen MR) is 86.4 cm³/mol. The van der Waals surface area contributed by atoms with Crippen LogP contribution >= 0.6 is 0 Å². The number of hydrogen-bond acceptors (Lipinski definition) is 6. The molecule has 22 heavy (non-hydrogen) atoms. The van der Waals surface area contributed by atoms with Gasteiger partial charge in [-0.05, 0) is 40.8 Å². The van der Waals surface area contributed by atoms with Gasteiger partial charge in [0.05, 0.1) is 7.11 Å². The minimum Gasteiger partial charge on any atom is -0.497 e. The van der Waals surface area contributed by atoms with E-state index in [1.54, 1.807) is 42.5 Å². The quantitative estimate of drug-likeness (QED) is 0.424. The van der Waals surface area contributed by atoms with Crippen molar-refractivity contribution < 1.29 is 24.8 Å². The summed E-state index contributed by atoms with van der Waals surface area (Å²) in [6, 6.07) is 11.7. The lowest BCUT2D eigenvalue weighted by Crippen LogP contribution is -2.34. The van der Waals surface area contributed by atoms with E-state index in [9.17, 15) is 10.0 Å². The van der Waals surface area contributed by atoms with Gasteiger partial charge >= 0.3 is 14.2 Å². The van der Waals surface area contributed by atoms with Crippen LogP contribution in [-0.2, 0) is 6.54 Å². The first-order valence-electron chi connectivity index (χ1n) is 6.74. The van der Waals surface area contributed by atoms with Gasteiger partial charge in [-0.25, -0.2) is 0 Å². The topological polar surface area (TPSA) is 102 Å². The van der Waals surface area contributed by atoms with Crippen LogP contribution in [0, 0.1) is 0 Å². The lowest BCUT2D eigenvalue weighted by atomic mass is 9.77.